The van der Waals surface area contributed by atoms with E-state index in [1.807, 2.05) is 12.1 Å². The largest absolute Gasteiger partial charge is 0.469 e. The maximum atomic E-state index is 13.3. The standard InChI is InChI=1S/C34H47NO5/c1-19(10-13-29(37)40-5)25-11-12-26-30-20(2)16-21-17-22(35-31(38)23-8-6-7-9-24(23)32(35)39)14-15-33(21,3)27(30)18-28(36)34(25,26)4/h6-9,19-22,25-28,30,36H,10-18H2,1-5H3/t19?,20?,21?,22?,25-,26?,27?,28?,30?,33+,34-/m1/s1. The minimum Gasteiger partial charge on any atom is -0.469 e. The van der Waals surface area contributed by atoms with E-state index in [1.165, 1.54) is 7.11 Å². The Hall–Kier alpha value is -2.21. The average Bonchev–Trinajstić information content (AvgIpc) is 3.42. The van der Waals surface area contributed by atoms with Crippen LogP contribution >= 0.6 is 0 Å². The van der Waals surface area contributed by atoms with Crippen molar-refractivity contribution in [2.24, 2.45) is 52.3 Å². The Bertz CT molecular complexity index is 1160. The predicted molar refractivity (Wildman–Crippen MR) is 152 cm³/mol. The van der Waals surface area contributed by atoms with Gasteiger partial charge >= 0.3 is 5.97 Å². The summed E-state index contributed by atoms with van der Waals surface area (Å²) in [4.78, 5) is 40.0. The molecule has 5 aliphatic rings. The number of rotatable bonds is 5. The number of esters is 1. The first-order chi connectivity index (χ1) is 19.0. The lowest BCUT2D eigenvalue weighted by Gasteiger charge is -2.64. The van der Waals surface area contributed by atoms with E-state index in [2.05, 4.69) is 27.7 Å². The van der Waals surface area contributed by atoms with E-state index in [9.17, 15) is 19.5 Å². The summed E-state index contributed by atoms with van der Waals surface area (Å²) in [5.74, 6) is 2.92. The molecule has 1 heterocycles. The summed E-state index contributed by atoms with van der Waals surface area (Å²) in [6.07, 6.45) is 7.89. The number of imide groups is 1. The molecule has 4 aliphatic carbocycles. The SMILES string of the molecule is COC(=O)CCC(C)[C@H]1CCC2C3C(C)CC4CC(N5C(=O)c6ccccc6C5=O)CC[C@]4(C)C3CC(O)[C@@]21C. The minimum atomic E-state index is -0.344. The predicted octanol–water partition coefficient (Wildman–Crippen LogP) is 6.12. The van der Waals surface area contributed by atoms with Gasteiger partial charge in [0.2, 0.25) is 0 Å². The Morgan fingerprint density at radius 3 is 2.38 bits per heavy atom. The maximum absolute atomic E-state index is 13.3. The summed E-state index contributed by atoms with van der Waals surface area (Å²) in [6.45, 7) is 9.50. The van der Waals surface area contributed by atoms with Gasteiger partial charge in [-0.05, 0) is 116 Å². The lowest BCUT2D eigenvalue weighted by Crippen LogP contribution is -2.61. The Balaban J connectivity index is 1.21. The van der Waals surface area contributed by atoms with Crippen LogP contribution in [0.2, 0.25) is 0 Å². The number of methoxy groups -OCH3 is 1. The molecule has 6 heteroatoms. The van der Waals surface area contributed by atoms with Crippen LogP contribution in [-0.4, -0.2) is 47.0 Å². The van der Waals surface area contributed by atoms with E-state index in [-0.39, 0.29) is 40.8 Å². The van der Waals surface area contributed by atoms with Crippen LogP contribution in [0.15, 0.2) is 24.3 Å². The van der Waals surface area contributed by atoms with Crippen LogP contribution in [0, 0.1) is 52.3 Å². The van der Waals surface area contributed by atoms with Gasteiger partial charge in [0.05, 0.1) is 24.3 Å². The van der Waals surface area contributed by atoms with Gasteiger partial charge in [-0.2, -0.15) is 0 Å². The van der Waals surface area contributed by atoms with E-state index in [1.54, 1.807) is 17.0 Å². The van der Waals surface area contributed by atoms with Gasteiger partial charge in [-0.25, -0.2) is 0 Å². The Morgan fingerprint density at radius 1 is 1.05 bits per heavy atom. The van der Waals surface area contributed by atoms with Crippen LogP contribution in [0.5, 0.6) is 0 Å². The number of benzene rings is 1. The summed E-state index contributed by atoms with van der Waals surface area (Å²) in [6, 6.07) is 7.19. The van der Waals surface area contributed by atoms with Gasteiger partial charge in [0.15, 0.2) is 0 Å². The third kappa shape index (κ3) is 3.94. The molecule has 8 unspecified atom stereocenters. The number of amides is 2. The first-order valence-electron chi connectivity index (χ1n) is 15.7. The van der Waals surface area contributed by atoms with Crippen molar-refractivity contribution in [3.8, 4) is 0 Å². The number of aliphatic hydroxyl groups is 1. The number of nitrogens with zero attached hydrogens (tertiary/aromatic N) is 1. The van der Waals surface area contributed by atoms with Crippen molar-refractivity contribution in [2.45, 2.75) is 97.6 Å². The number of carbonyl (C=O) groups is 3. The van der Waals surface area contributed by atoms with E-state index in [4.69, 9.17) is 4.74 Å². The zero-order chi connectivity index (χ0) is 28.6. The van der Waals surface area contributed by atoms with Crippen LogP contribution in [0.3, 0.4) is 0 Å². The van der Waals surface area contributed by atoms with Gasteiger partial charge in [0.25, 0.3) is 11.8 Å². The normalized spacial score (nSPS) is 43.0. The van der Waals surface area contributed by atoms with Crippen molar-refractivity contribution in [3.63, 3.8) is 0 Å². The molecule has 1 aromatic rings. The zero-order valence-corrected chi connectivity index (χ0v) is 24.9. The van der Waals surface area contributed by atoms with Gasteiger partial charge in [0, 0.05) is 12.5 Å². The van der Waals surface area contributed by atoms with Crippen LogP contribution in [-0.2, 0) is 9.53 Å². The monoisotopic (exact) mass is 549 g/mol. The molecule has 40 heavy (non-hydrogen) atoms. The summed E-state index contributed by atoms with van der Waals surface area (Å²) in [5, 5.41) is 11.9. The third-order valence-corrected chi connectivity index (χ3v) is 13.1. The molecule has 0 aromatic heterocycles. The Morgan fingerprint density at radius 2 is 1.73 bits per heavy atom. The van der Waals surface area contributed by atoms with Gasteiger partial charge in [0.1, 0.15) is 0 Å². The summed E-state index contributed by atoms with van der Waals surface area (Å²) in [5.41, 5.74) is 1.09. The number of carbonyl (C=O) groups excluding carboxylic acids is 3. The lowest BCUT2D eigenvalue weighted by molar-refractivity contribution is -0.186. The molecule has 0 bridgehead atoms. The summed E-state index contributed by atoms with van der Waals surface area (Å²) in [7, 11) is 1.45. The fourth-order valence-corrected chi connectivity index (χ4v) is 11.0. The highest BCUT2D eigenvalue weighted by Crippen LogP contribution is 2.69. The van der Waals surface area contributed by atoms with Gasteiger partial charge in [-0.3, -0.25) is 19.3 Å². The molecule has 1 N–H and O–H groups in total. The zero-order valence-electron chi connectivity index (χ0n) is 24.9. The fraction of sp³-hybridized carbons (Fsp3) is 0.735. The minimum absolute atomic E-state index is 0.0421. The van der Waals surface area contributed by atoms with Gasteiger partial charge in [-0.15, -0.1) is 0 Å². The Labute approximate surface area is 239 Å². The first kappa shape index (κ1) is 27.9. The van der Waals surface area contributed by atoms with Crippen LogP contribution in [0.25, 0.3) is 0 Å². The highest BCUT2D eigenvalue weighted by atomic mass is 16.5. The number of hydrogen-bond acceptors (Lipinski definition) is 5. The highest BCUT2D eigenvalue weighted by Gasteiger charge is 2.65. The average molecular weight is 550 g/mol. The van der Waals surface area contributed by atoms with Gasteiger partial charge < -0.3 is 9.84 Å². The summed E-state index contributed by atoms with van der Waals surface area (Å²) >= 11 is 0. The molecule has 2 amide bonds. The van der Waals surface area contributed by atoms with Crippen molar-refractivity contribution in [2.75, 3.05) is 7.11 Å². The van der Waals surface area contributed by atoms with E-state index < -0.39 is 0 Å². The van der Waals surface area contributed by atoms with Crippen molar-refractivity contribution in [3.05, 3.63) is 35.4 Å². The van der Waals surface area contributed by atoms with Crippen LogP contribution < -0.4 is 0 Å². The van der Waals surface area contributed by atoms with Crippen molar-refractivity contribution < 1.29 is 24.2 Å². The fourth-order valence-electron chi connectivity index (χ4n) is 11.0. The van der Waals surface area contributed by atoms with E-state index >= 15 is 0 Å². The van der Waals surface area contributed by atoms with Crippen molar-refractivity contribution >= 4 is 17.8 Å². The molecule has 4 fully saturated rings. The number of ether oxygens (including phenoxy) is 1. The molecule has 1 aromatic carbocycles. The summed E-state index contributed by atoms with van der Waals surface area (Å²) < 4.78 is 4.90. The molecular weight excluding hydrogens is 502 g/mol. The molecule has 0 radical (unpaired) electrons. The van der Waals surface area contributed by atoms with Gasteiger partial charge in [-0.1, -0.05) is 39.8 Å². The molecule has 218 valence electrons. The molecule has 4 saturated carbocycles. The van der Waals surface area contributed by atoms with Crippen molar-refractivity contribution in [1.82, 2.24) is 4.90 Å². The second-order valence-electron chi connectivity index (χ2n) is 14.6. The van der Waals surface area contributed by atoms with Crippen LogP contribution in [0.4, 0.5) is 0 Å². The van der Waals surface area contributed by atoms with Crippen molar-refractivity contribution in [1.29, 1.82) is 0 Å². The molecule has 6 nitrogen and oxygen atoms in total. The van der Waals surface area contributed by atoms with Crippen LogP contribution in [0.1, 0.15) is 106 Å². The van der Waals surface area contributed by atoms with E-state index in [0.29, 0.717) is 59.0 Å². The molecular formula is C34H47NO5. The lowest BCUT2D eigenvalue weighted by atomic mass is 9.41. The molecule has 0 saturated heterocycles. The molecule has 6 rings (SSSR count). The highest BCUT2D eigenvalue weighted by molar-refractivity contribution is 6.21. The quantitative estimate of drug-likeness (QED) is 0.354. The van der Waals surface area contributed by atoms with E-state index in [0.717, 1.165) is 51.4 Å². The molecule has 0 spiro atoms. The second-order valence-corrected chi connectivity index (χ2v) is 14.6. The third-order valence-electron chi connectivity index (χ3n) is 13.1. The second kappa shape index (κ2) is 9.96. The molecule has 1 aliphatic heterocycles. The smallest absolute Gasteiger partial charge is 0.305 e. The number of aliphatic hydroxyl groups excluding tert-OH is 1. The Kier molecular flexibility index (Phi) is 6.95. The topological polar surface area (TPSA) is 83.9 Å². The first-order valence-corrected chi connectivity index (χ1v) is 15.7. The maximum Gasteiger partial charge on any atom is 0.305 e. The number of hydrogen-bond donors (Lipinski definition) is 1. The number of fused-ring (bicyclic) bond motifs is 6. The molecule has 11 atom stereocenters.